The van der Waals surface area contributed by atoms with E-state index in [2.05, 4.69) is 19.2 Å². The number of hydrogen-bond donors (Lipinski definition) is 1. The van der Waals surface area contributed by atoms with Gasteiger partial charge in [0.15, 0.2) is 5.78 Å². The molecular formula is C29H57NO3. The number of nitrogens with one attached hydrogen (secondary N) is 1. The summed E-state index contributed by atoms with van der Waals surface area (Å²) < 4.78 is 5.36. The lowest BCUT2D eigenvalue weighted by molar-refractivity contribution is -0.145. The number of Topliss-reactive ketones (excluding diaryl/α,β-unsaturated/α-hetero) is 1. The van der Waals surface area contributed by atoms with Crippen LogP contribution in [0.15, 0.2) is 0 Å². The van der Waals surface area contributed by atoms with Crippen LogP contribution in [-0.4, -0.2) is 31.4 Å². The molecule has 0 fully saturated rings. The van der Waals surface area contributed by atoms with Crippen molar-refractivity contribution >= 4 is 11.8 Å². The number of carbonyl (C=O) groups excluding carboxylic acids is 2. The fourth-order valence-electron chi connectivity index (χ4n) is 4.30. The lowest BCUT2D eigenvalue weighted by atomic mass is 10.0. The van der Waals surface area contributed by atoms with Crippen molar-refractivity contribution in [2.45, 2.75) is 161 Å². The highest BCUT2D eigenvalue weighted by atomic mass is 16.5. The number of unbranched alkanes of at least 4 members (excludes halogenated alkanes) is 18. The second-order valence-electron chi connectivity index (χ2n) is 9.85. The second-order valence-corrected chi connectivity index (χ2v) is 9.85. The molecule has 0 aromatic carbocycles. The zero-order chi connectivity index (χ0) is 24.4. The van der Waals surface area contributed by atoms with E-state index >= 15 is 0 Å². The lowest BCUT2D eigenvalue weighted by Crippen LogP contribution is -2.38. The zero-order valence-electron chi connectivity index (χ0n) is 22.6. The summed E-state index contributed by atoms with van der Waals surface area (Å²) in [7, 11) is 1.77. The molecule has 4 nitrogen and oxygen atoms in total. The van der Waals surface area contributed by atoms with E-state index in [-0.39, 0.29) is 24.4 Å². The van der Waals surface area contributed by atoms with Gasteiger partial charge in [-0.15, -0.1) is 0 Å². The van der Waals surface area contributed by atoms with E-state index in [1.54, 1.807) is 7.05 Å². The monoisotopic (exact) mass is 467 g/mol. The van der Waals surface area contributed by atoms with E-state index in [1.165, 1.54) is 103 Å². The molecule has 33 heavy (non-hydrogen) atoms. The van der Waals surface area contributed by atoms with Crippen LogP contribution in [0, 0.1) is 0 Å². The van der Waals surface area contributed by atoms with Gasteiger partial charge in [-0.3, -0.25) is 9.59 Å². The second kappa shape index (κ2) is 25.7. The average molecular weight is 468 g/mol. The van der Waals surface area contributed by atoms with Crippen molar-refractivity contribution in [3.8, 4) is 0 Å². The van der Waals surface area contributed by atoms with Crippen LogP contribution in [0.5, 0.6) is 0 Å². The molecule has 0 amide bonds. The molecule has 0 bridgehead atoms. The summed E-state index contributed by atoms with van der Waals surface area (Å²) in [4.78, 5) is 24.3. The Morgan fingerprint density at radius 3 is 1.33 bits per heavy atom. The Balaban J connectivity index is 3.49. The first-order valence-corrected chi connectivity index (χ1v) is 14.5. The molecule has 0 aromatic rings. The molecule has 0 spiro atoms. The van der Waals surface area contributed by atoms with Gasteiger partial charge in [0.2, 0.25) is 0 Å². The van der Waals surface area contributed by atoms with Crippen LogP contribution < -0.4 is 5.32 Å². The predicted octanol–water partition coefficient (Wildman–Crippen LogP) is 8.31. The van der Waals surface area contributed by atoms with Crippen LogP contribution in [0.2, 0.25) is 0 Å². The van der Waals surface area contributed by atoms with Gasteiger partial charge in [-0.25, -0.2) is 0 Å². The number of ketones is 1. The first-order chi connectivity index (χ1) is 16.2. The van der Waals surface area contributed by atoms with E-state index in [0.717, 1.165) is 25.7 Å². The van der Waals surface area contributed by atoms with E-state index in [4.69, 9.17) is 4.74 Å². The molecule has 0 saturated heterocycles. The van der Waals surface area contributed by atoms with Gasteiger partial charge in [0.05, 0.1) is 0 Å². The summed E-state index contributed by atoms with van der Waals surface area (Å²) in [5, 5.41) is 3.00. The van der Waals surface area contributed by atoms with E-state index < -0.39 is 0 Å². The zero-order valence-corrected chi connectivity index (χ0v) is 22.6. The third-order valence-corrected chi connectivity index (χ3v) is 6.66. The Morgan fingerprint density at radius 1 is 0.576 bits per heavy atom. The maximum Gasteiger partial charge on any atom is 0.305 e. The third kappa shape index (κ3) is 22.6. The molecule has 0 aliphatic carbocycles. The fraction of sp³-hybridized carbons (Fsp3) is 0.931. The molecule has 0 saturated carbocycles. The van der Waals surface area contributed by atoms with Crippen molar-refractivity contribution in [2.75, 3.05) is 13.7 Å². The largest absolute Gasteiger partial charge is 0.464 e. The van der Waals surface area contributed by atoms with Crippen molar-refractivity contribution < 1.29 is 14.3 Å². The van der Waals surface area contributed by atoms with E-state index in [0.29, 0.717) is 12.8 Å². The highest BCUT2D eigenvalue weighted by Gasteiger charge is 2.17. The van der Waals surface area contributed by atoms with E-state index in [9.17, 15) is 9.59 Å². The summed E-state index contributed by atoms with van der Waals surface area (Å²) in [6.07, 6.45) is 26.5. The quantitative estimate of drug-likeness (QED) is 0.103. The molecule has 196 valence electrons. The molecule has 0 heterocycles. The Bertz CT molecular complexity index is 439. The summed E-state index contributed by atoms with van der Waals surface area (Å²) in [6, 6.07) is -0.360. The molecule has 0 radical (unpaired) electrons. The number of carbonyl (C=O) groups is 2. The van der Waals surface area contributed by atoms with Crippen LogP contribution >= 0.6 is 0 Å². The lowest BCUT2D eigenvalue weighted by Gasteiger charge is -2.15. The Kier molecular flexibility index (Phi) is 25.0. The summed E-state index contributed by atoms with van der Waals surface area (Å²) >= 11 is 0. The highest BCUT2D eigenvalue weighted by Crippen LogP contribution is 2.14. The normalized spacial score (nSPS) is 12.1. The van der Waals surface area contributed by atoms with Gasteiger partial charge in [-0.2, -0.15) is 0 Å². The van der Waals surface area contributed by atoms with Crippen LogP contribution in [-0.2, 0) is 14.3 Å². The molecule has 0 aliphatic rings. The van der Waals surface area contributed by atoms with Gasteiger partial charge in [0.1, 0.15) is 12.6 Å². The molecule has 4 heteroatoms. The number of ether oxygens (including phenoxy) is 1. The minimum atomic E-state index is -0.360. The van der Waals surface area contributed by atoms with Crippen molar-refractivity contribution in [3.05, 3.63) is 0 Å². The molecule has 1 atom stereocenters. The van der Waals surface area contributed by atoms with E-state index in [1.807, 2.05) is 0 Å². The summed E-state index contributed by atoms with van der Waals surface area (Å²) in [5.74, 6) is -0.00513. The average Bonchev–Trinajstić information content (AvgIpc) is 2.81. The topological polar surface area (TPSA) is 55.4 Å². The van der Waals surface area contributed by atoms with Crippen LogP contribution in [0.25, 0.3) is 0 Å². The highest BCUT2D eigenvalue weighted by molar-refractivity contribution is 5.84. The van der Waals surface area contributed by atoms with Gasteiger partial charge in [-0.05, 0) is 19.9 Å². The maximum absolute atomic E-state index is 12.3. The third-order valence-electron chi connectivity index (χ3n) is 6.66. The van der Waals surface area contributed by atoms with Crippen molar-refractivity contribution in [2.24, 2.45) is 0 Å². The summed E-state index contributed by atoms with van der Waals surface area (Å²) in [5.41, 5.74) is 0. The molecule has 0 aromatic heterocycles. The molecule has 1 N–H and O–H groups in total. The number of hydrogen-bond acceptors (Lipinski definition) is 4. The first-order valence-electron chi connectivity index (χ1n) is 14.5. The number of likely N-dealkylation sites (N-methyl/N-ethyl adjacent to an activating group) is 1. The van der Waals surface area contributed by atoms with Gasteiger partial charge < -0.3 is 10.1 Å². The summed E-state index contributed by atoms with van der Waals surface area (Å²) in [6.45, 7) is 4.63. The van der Waals surface area contributed by atoms with Gasteiger partial charge in [-0.1, -0.05) is 129 Å². The Labute approximate surface area is 206 Å². The number of esters is 1. The Morgan fingerprint density at radius 2 is 0.939 bits per heavy atom. The van der Waals surface area contributed by atoms with Crippen molar-refractivity contribution in [1.29, 1.82) is 0 Å². The fourth-order valence-corrected chi connectivity index (χ4v) is 4.30. The minimum Gasteiger partial charge on any atom is -0.464 e. The molecule has 0 aliphatic heterocycles. The van der Waals surface area contributed by atoms with Gasteiger partial charge >= 0.3 is 5.97 Å². The smallest absolute Gasteiger partial charge is 0.305 e. The molecule has 1 unspecified atom stereocenters. The van der Waals surface area contributed by atoms with Crippen molar-refractivity contribution in [3.63, 3.8) is 0 Å². The number of rotatable bonds is 26. The van der Waals surface area contributed by atoms with Gasteiger partial charge in [0.25, 0.3) is 0 Å². The molecule has 0 rings (SSSR count). The maximum atomic E-state index is 12.3. The molecular weight excluding hydrogens is 410 g/mol. The van der Waals surface area contributed by atoms with Gasteiger partial charge in [0, 0.05) is 12.8 Å². The van der Waals surface area contributed by atoms with Crippen LogP contribution in [0.1, 0.15) is 155 Å². The van der Waals surface area contributed by atoms with Crippen LogP contribution in [0.3, 0.4) is 0 Å². The Hall–Kier alpha value is -0.900. The first kappa shape index (κ1) is 32.1. The van der Waals surface area contributed by atoms with Crippen LogP contribution in [0.4, 0.5) is 0 Å². The standard InChI is InChI=1S/C29H57NO3/c1-4-6-8-10-11-12-13-14-15-16-17-18-19-21-23-25-29(32)33-26-27(30-3)28(31)24-22-20-9-7-5-2/h27,30H,4-26H2,1-3H3. The predicted molar refractivity (Wildman–Crippen MR) is 142 cm³/mol. The van der Waals surface area contributed by atoms with Crippen molar-refractivity contribution in [1.82, 2.24) is 5.32 Å². The minimum absolute atomic E-state index is 0.161. The SMILES string of the molecule is CCCCCCCCCCCCCCCCCC(=O)OCC(NC)C(=O)CCCCCCC.